The van der Waals surface area contributed by atoms with Crippen molar-refractivity contribution in [1.82, 2.24) is 9.78 Å². The summed E-state index contributed by atoms with van der Waals surface area (Å²) < 4.78 is 1.84. The molecule has 1 N–H and O–H groups in total. The molecule has 0 bridgehead atoms. The molecule has 2 aromatic rings. The third-order valence-corrected chi connectivity index (χ3v) is 3.40. The average molecular weight is 257 g/mol. The molecule has 0 aliphatic heterocycles. The predicted octanol–water partition coefficient (Wildman–Crippen LogP) is 3.85. The molecule has 1 unspecified atom stereocenters. The van der Waals surface area contributed by atoms with E-state index >= 15 is 0 Å². The molecule has 0 radical (unpaired) electrons. The zero-order valence-electron chi connectivity index (χ0n) is 12.3. The van der Waals surface area contributed by atoms with E-state index in [2.05, 4.69) is 48.5 Å². The maximum absolute atomic E-state index is 4.35. The molecule has 0 amide bonds. The molecule has 1 heterocycles. The molecule has 19 heavy (non-hydrogen) atoms. The van der Waals surface area contributed by atoms with Crippen molar-refractivity contribution in [2.75, 3.05) is 5.32 Å². The normalized spacial score (nSPS) is 12.4. The van der Waals surface area contributed by atoms with Crippen molar-refractivity contribution in [2.45, 2.75) is 39.7 Å². The SMILES string of the molecule is CCCc1ccc(C(C)Nc2cn(C)nc2C)cc1. The van der Waals surface area contributed by atoms with E-state index in [1.807, 2.05) is 24.9 Å². The number of aromatic nitrogens is 2. The van der Waals surface area contributed by atoms with Crippen LogP contribution in [0.5, 0.6) is 0 Å². The largest absolute Gasteiger partial charge is 0.376 e. The molecule has 1 atom stereocenters. The Morgan fingerprint density at radius 3 is 2.47 bits per heavy atom. The van der Waals surface area contributed by atoms with Crippen LogP contribution in [0.4, 0.5) is 5.69 Å². The number of anilines is 1. The molecule has 0 saturated carbocycles. The Bertz CT molecular complexity index is 525. The Hall–Kier alpha value is -1.77. The zero-order chi connectivity index (χ0) is 13.8. The number of benzene rings is 1. The van der Waals surface area contributed by atoms with Gasteiger partial charge in [0.25, 0.3) is 0 Å². The van der Waals surface area contributed by atoms with Crippen LogP contribution >= 0.6 is 0 Å². The molecule has 0 fully saturated rings. The maximum atomic E-state index is 4.35. The smallest absolute Gasteiger partial charge is 0.0825 e. The first-order chi connectivity index (χ1) is 9.10. The number of hydrogen-bond acceptors (Lipinski definition) is 2. The van der Waals surface area contributed by atoms with Crippen molar-refractivity contribution < 1.29 is 0 Å². The quantitative estimate of drug-likeness (QED) is 0.881. The lowest BCUT2D eigenvalue weighted by atomic mass is 10.0. The van der Waals surface area contributed by atoms with Crippen molar-refractivity contribution in [3.63, 3.8) is 0 Å². The molecule has 1 aromatic carbocycles. The molecule has 3 heteroatoms. The number of nitrogens with zero attached hydrogens (tertiary/aromatic N) is 2. The zero-order valence-corrected chi connectivity index (χ0v) is 12.3. The lowest BCUT2D eigenvalue weighted by Crippen LogP contribution is -2.06. The van der Waals surface area contributed by atoms with Gasteiger partial charge in [-0.3, -0.25) is 4.68 Å². The topological polar surface area (TPSA) is 29.9 Å². The summed E-state index contributed by atoms with van der Waals surface area (Å²) >= 11 is 0. The Balaban J connectivity index is 2.07. The van der Waals surface area contributed by atoms with Crippen LogP contribution < -0.4 is 5.32 Å². The van der Waals surface area contributed by atoms with Gasteiger partial charge in [-0.15, -0.1) is 0 Å². The van der Waals surface area contributed by atoms with Gasteiger partial charge in [-0.25, -0.2) is 0 Å². The van der Waals surface area contributed by atoms with Gasteiger partial charge >= 0.3 is 0 Å². The molecule has 0 aliphatic carbocycles. The molecule has 0 aliphatic rings. The summed E-state index contributed by atoms with van der Waals surface area (Å²) in [5, 5.41) is 7.87. The van der Waals surface area contributed by atoms with E-state index in [0.717, 1.165) is 17.8 Å². The van der Waals surface area contributed by atoms with E-state index in [0.29, 0.717) is 6.04 Å². The van der Waals surface area contributed by atoms with Crippen molar-refractivity contribution >= 4 is 5.69 Å². The van der Waals surface area contributed by atoms with Gasteiger partial charge in [0, 0.05) is 19.3 Å². The number of hydrogen-bond donors (Lipinski definition) is 1. The fourth-order valence-electron chi connectivity index (χ4n) is 2.32. The lowest BCUT2D eigenvalue weighted by Gasteiger charge is -2.15. The molecule has 3 nitrogen and oxygen atoms in total. The second-order valence-corrected chi connectivity index (χ2v) is 5.16. The summed E-state index contributed by atoms with van der Waals surface area (Å²) in [6, 6.07) is 9.18. The Kier molecular flexibility index (Phi) is 4.25. The van der Waals surface area contributed by atoms with Gasteiger partial charge in [-0.1, -0.05) is 37.6 Å². The molecule has 0 spiro atoms. The average Bonchev–Trinajstić information content (AvgIpc) is 2.69. The van der Waals surface area contributed by atoms with E-state index in [4.69, 9.17) is 0 Å². The fraction of sp³-hybridized carbons (Fsp3) is 0.438. The van der Waals surface area contributed by atoms with Crippen molar-refractivity contribution in [1.29, 1.82) is 0 Å². The van der Waals surface area contributed by atoms with E-state index in [9.17, 15) is 0 Å². The maximum Gasteiger partial charge on any atom is 0.0825 e. The van der Waals surface area contributed by atoms with Gasteiger partial charge in [0.05, 0.1) is 11.4 Å². The van der Waals surface area contributed by atoms with Gasteiger partial charge in [-0.2, -0.15) is 5.10 Å². The van der Waals surface area contributed by atoms with Crippen molar-refractivity contribution in [3.05, 3.63) is 47.3 Å². The highest BCUT2D eigenvalue weighted by Crippen LogP contribution is 2.21. The summed E-state index contributed by atoms with van der Waals surface area (Å²) in [5.74, 6) is 0. The third-order valence-electron chi connectivity index (χ3n) is 3.40. The molecule has 102 valence electrons. The Labute approximate surface area is 115 Å². The molecular formula is C16H23N3. The van der Waals surface area contributed by atoms with Crippen LogP contribution in [0.25, 0.3) is 0 Å². The first-order valence-corrected chi connectivity index (χ1v) is 6.95. The monoisotopic (exact) mass is 257 g/mol. The van der Waals surface area contributed by atoms with Crippen LogP contribution in [-0.4, -0.2) is 9.78 Å². The van der Waals surface area contributed by atoms with Gasteiger partial charge in [-0.05, 0) is 31.4 Å². The van der Waals surface area contributed by atoms with Crippen LogP contribution in [0.15, 0.2) is 30.5 Å². The van der Waals surface area contributed by atoms with E-state index in [1.165, 1.54) is 17.5 Å². The van der Waals surface area contributed by atoms with Crippen LogP contribution in [0.3, 0.4) is 0 Å². The van der Waals surface area contributed by atoms with Crippen LogP contribution in [0.2, 0.25) is 0 Å². The summed E-state index contributed by atoms with van der Waals surface area (Å²) in [6.07, 6.45) is 4.38. The second kappa shape index (κ2) is 5.91. The third kappa shape index (κ3) is 3.37. The standard InChI is InChI=1S/C16H23N3/c1-5-6-14-7-9-15(10-8-14)12(2)17-16-11-19(4)18-13(16)3/h7-12,17H,5-6H2,1-4H3. The van der Waals surface area contributed by atoms with E-state index in [1.54, 1.807) is 0 Å². The highest BCUT2D eigenvalue weighted by atomic mass is 15.3. The summed E-state index contributed by atoms with van der Waals surface area (Å²) in [5.41, 5.74) is 4.86. The van der Waals surface area contributed by atoms with Gasteiger partial charge in [0.1, 0.15) is 0 Å². The van der Waals surface area contributed by atoms with Crippen LogP contribution in [0.1, 0.15) is 43.1 Å². The minimum absolute atomic E-state index is 0.290. The minimum atomic E-state index is 0.290. The van der Waals surface area contributed by atoms with Gasteiger partial charge in [0.15, 0.2) is 0 Å². The van der Waals surface area contributed by atoms with Gasteiger partial charge < -0.3 is 5.32 Å². The summed E-state index contributed by atoms with van der Waals surface area (Å²) in [7, 11) is 1.95. The van der Waals surface area contributed by atoms with Crippen molar-refractivity contribution in [2.24, 2.45) is 7.05 Å². The minimum Gasteiger partial charge on any atom is -0.376 e. The molecular weight excluding hydrogens is 234 g/mol. The van der Waals surface area contributed by atoms with Crippen LogP contribution in [0, 0.1) is 6.92 Å². The number of nitrogens with one attached hydrogen (secondary N) is 1. The highest BCUT2D eigenvalue weighted by molar-refractivity contribution is 5.47. The Morgan fingerprint density at radius 2 is 1.95 bits per heavy atom. The van der Waals surface area contributed by atoms with E-state index < -0.39 is 0 Å². The summed E-state index contributed by atoms with van der Waals surface area (Å²) in [4.78, 5) is 0. The highest BCUT2D eigenvalue weighted by Gasteiger charge is 2.09. The molecule has 0 saturated heterocycles. The lowest BCUT2D eigenvalue weighted by molar-refractivity contribution is 0.756. The van der Waals surface area contributed by atoms with Gasteiger partial charge in [0.2, 0.25) is 0 Å². The number of rotatable bonds is 5. The Morgan fingerprint density at radius 1 is 1.26 bits per heavy atom. The first-order valence-electron chi connectivity index (χ1n) is 6.95. The number of aryl methyl sites for hydroxylation is 3. The first kappa shape index (κ1) is 13.7. The predicted molar refractivity (Wildman–Crippen MR) is 80.4 cm³/mol. The van der Waals surface area contributed by atoms with E-state index in [-0.39, 0.29) is 0 Å². The summed E-state index contributed by atoms with van der Waals surface area (Å²) in [6.45, 7) is 6.42. The van der Waals surface area contributed by atoms with Crippen LogP contribution in [-0.2, 0) is 13.5 Å². The molecule has 1 aromatic heterocycles. The second-order valence-electron chi connectivity index (χ2n) is 5.16. The van der Waals surface area contributed by atoms with Crippen molar-refractivity contribution in [3.8, 4) is 0 Å². The molecule has 2 rings (SSSR count). The fourth-order valence-corrected chi connectivity index (χ4v) is 2.32.